The number of benzene rings is 1. The Labute approximate surface area is 155 Å². The minimum atomic E-state index is -0.234. The highest BCUT2D eigenvalue weighted by Crippen LogP contribution is 2.16. The van der Waals surface area contributed by atoms with Gasteiger partial charge >= 0.3 is 0 Å². The SMILES string of the molecule is CC.CCCC(C)/C=C\C(=O)C(C)(C)C.CCc1cc(C)ccc1F. The third-order valence-electron chi connectivity index (χ3n) is 3.64. The summed E-state index contributed by atoms with van der Waals surface area (Å²) in [6.07, 6.45) is 6.87. The number of halogens is 1. The van der Waals surface area contributed by atoms with Crippen LogP contribution in [0.5, 0.6) is 0 Å². The Bertz CT molecular complexity index is 509. The lowest BCUT2D eigenvalue weighted by molar-refractivity contribution is -0.121. The van der Waals surface area contributed by atoms with Crippen LogP contribution >= 0.6 is 0 Å². The van der Waals surface area contributed by atoms with Crippen molar-refractivity contribution >= 4 is 5.78 Å². The summed E-state index contributed by atoms with van der Waals surface area (Å²) in [7, 11) is 0. The molecule has 144 valence electrons. The van der Waals surface area contributed by atoms with Gasteiger partial charge in [-0.15, -0.1) is 0 Å². The first-order valence-electron chi connectivity index (χ1n) is 9.59. The fourth-order valence-electron chi connectivity index (χ4n) is 2.03. The van der Waals surface area contributed by atoms with Crippen LogP contribution in [0.3, 0.4) is 0 Å². The summed E-state index contributed by atoms with van der Waals surface area (Å²) in [5.74, 6) is 0.653. The van der Waals surface area contributed by atoms with Crippen molar-refractivity contribution in [2.45, 2.75) is 81.6 Å². The Morgan fingerprint density at radius 1 is 1.20 bits per heavy atom. The second-order valence-corrected chi connectivity index (χ2v) is 7.19. The third kappa shape index (κ3) is 12.6. The molecule has 0 fully saturated rings. The molecule has 1 atom stereocenters. The number of hydrogen-bond acceptors (Lipinski definition) is 1. The smallest absolute Gasteiger partial charge is 0.160 e. The van der Waals surface area contributed by atoms with Crippen molar-refractivity contribution in [1.29, 1.82) is 0 Å². The predicted octanol–water partition coefficient (Wildman–Crippen LogP) is 7.32. The summed E-state index contributed by atoms with van der Waals surface area (Å²) < 4.78 is 12.8. The van der Waals surface area contributed by atoms with Crippen molar-refractivity contribution in [2.75, 3.05) is 0 Å². The predicted molar refractivity (Wildman–Crippen MR) is 110 cm³/mol. The van der Waals surface area contributed by atoms with Crippen LogP contribution < -0.4 is 0 Å². The summed E-state index contributed by atoms with van der Waals surface area (Å²) in [6.45, 7) is 18.1. The van der Waals surface area contributed by atoms with Gasteiger partial charge in [-0.3, -0.25) is 4.79 Å². The second kappa shape index (κ2) is 13.8. The molecule has 1 aromatic rings. The van der Waals surface area contributed by atoms with Crippen LogP contribution in [0.2, 0.25) is 0 Å². The van der Waals surface area contributed by atoms with Crippen molar-refractivity contribution in [3.63, 3.8) is 0 Å². The van der Waals surface area contributed by atoms with Crippen molar-refractivity contribution < 1.29 is 9.18 Å². The minimum absolute atomic E-state index is 0.0897. The molecule has 0 aliphatic carbocycles. The molecule has 0 N–H and O–H groups in total. The topological polar surface area (TPSA) is 17.1 Å². The van der Waals surface area contributed by atoms with E-state index in [0.29, 0.717) is 5.92 Å². The average Bonchev–Trinajstić information content (AvgIpc) is 2.56. The van der Waals surface area contributed by atoms with Gasteiger partial charge < -0.3 is 0 Å². The van der Waals surface area contributed by atoms with Gasteiger partial charge in [0.25, 0.3) is 0 Å². The lowest BCUT2D eigenvalue weighted by Crippen LogP contribution is -2.17. The van der Waals surface area contributed by atoms with E-state index in [9.17, 15) is 9.18 Å². The molecule has 1 aromatic carbocycles. The highest BCUT2D eigenvalue weighted by atomic mass is 19.1. The van der Waals surface area contributed by atoms with Crippen molar-refractivity contribution in [1.82, 2.24) is 0 Å². The quantitative estimate of drug-likeness (QED) is 0.508. The fraction of sp³-hybridized carbons (Fsp3) is 0.609. The molecule has 0 spiro atoms. The molecule has 0 aromatic heterocycles. The number of rotatable bonds is 5. The minimum Gasteiger partial charge on any atom is -0.294 e. The van der Waals surface area contributed by atoms with Crippen molar-refractivity contribution in [3.05, 3.63) is 47.3 Å². The van der Waals surface area contributed by atoms with E-state index < -0.39 is 0 Å². The second-order valence-electron chi connectivity index (χ2n) is 7.19. The fourth-order valence-corrected chi connectivity index (χ4v) is 2.03. The molecule has 0 amide bonds. The van der Waals surface area contributed by atoms with E-state index >= 15 is 0 Å². The van der Waals surface area contributed by atoms with Crippen molar-refractivity contribution in [2.24, 2.45) is 11.3 Å². The van der Waals surface area contributed by atoms with E-state index in [-0.39, 0.29) is 17.0 Å². The molecule has 1 nitrogen and oxygen atoms in total. The van der Waals surface area contributed by atoms with Crippen LogP contribution in [0.15, 0.2) is 30.4 Å². The Morgan fingerprint density at radius 2 is 1.76 bits per heavy atom. The third-order valence-corrected chi connectivity index (χ3v) is 3.64. The van der Waals surface area contributed by atoms with Crippen molar-refractivity contribution in [3.8, 4) is 0 Å². The van der Waals surface area contributed by atoms with Crippen LogP contribution in [-0.4, -0.2) is 5.78 Å². The van der Waals surface area contributed by atoms with E-state index in [4.69, 9.17) is 0 Å². The number of hydrogen-bond donors (Lipinski definition) is 0. The van der Waals surface area contributed by atoms with Gasteiger partial charge in [0.05, 0.1) is 0 Å². The van der Waals surface area contributed by atoms with Crippen LogP contribution in [0.4, 0.5) is 4.39 Å². The maximum atomic E-state index is 12.8. The van der Waals surface area contributed by atoms with Gasteiger partial charge in [0.15, 0.2) is 5.78 Å². The molecular formula is C23H39FO. The molecule has 0 radical (unpaired) electrons. The van der Waals surface area contributed by atoms with Gasteiger partial charge in [0, 0.05) is 5.41 Å². The summed E-state index contributed by atoms with van der Waals surface area (Å²) in [6, 6.07) is 5.19. The Balaban J connectivity index is 0. The first kappa shape index (κ1) is 25.8. The maximum absolute atomic E-state index is 12.8. The molecule has 0 saturated carbocycles. The Morgan fingerprint density at radius 3 is 2.16 bits per heavy atom. The van der Waals surface area contributed by atoms with E-state index in [1.807, 2.05) is 60.6 Å². The van der Waals surface area contributed by atoms with Crippen LogP contribution in [0, 0.1) is 24.1 Å². The summed E-state index contributed by atoms with van der Waals surface area (Å²) in [5, 5.41) is 0. The average molecular weight is 351 g/mol. The molecule has 0 aliphatic heterocycles. The first-order valence-corrected chi connectivity index (χ1v) is 9.59. The number of carbonyl (C=O) groups is 1. The Kier molecular flexibility index (Phi) is 14.2. The van der Waals surface area contributed by atoms with Gasteiger partial charge in [0.1, 0.15) is 5.82 Å². The molecule has 0 aliphatic rings. The number of allylic oxidation sites excluding steroid dienone is 2. The van der Waals surface area contributed by atoms with Gasteiger partial charge in [-0.1, -0.05) is 85.6 Å². The monoisotopic (exact) mass is 350 g/mol. The largest absolute Gasteiger partial charge is 0.294 e. The molecule has 25 heavy (non-hydrogen) atoms. The number of ketones is 1. The van der Waals surface area contributed by atoms with Crippen LogP contribution in [0.25, 0.3) is 0 Å². The van der Waals surface area contributed by atoms with E-state index in [0.717, 1.165) is 24.0 Å². The summed E-state index contributed by atoms with van der Waals surface area (Å²) in [5.41, 5.74) is 1.70. The molecule has 2 heteroatoms. The van der Waals surface area contributed by atoms with Crippen LogP contribution in [0.1, 0.15) is 79.4 Å². The highest BCUT2D eigenvalue weighted by Gasteiger charge is 2.17. The zero-order valence-electron chi connectivity index (χ0n) is 17.9. The van der Waals surface area contributed by atoms with Crippen LogP contribution in [-0.2, 0) is 11.2 Å². The molecular weight excluding hydrogens is 311 g/mol. The standard InChI is InChI=1S/C12H22O.C9H11F.C2H6/c1-6-7-10(2)8-9-11(13)12(3,4)5;1-3-8-6-7(2)4-5-9(8)10;1-2/h8-10H,6-7H2,1-5H3;4-6H,3H2,1-2H3;1-2H3/b9-8-;;. The highest BCUT2D eigenvalue weighted by molar-refractivity contribution is 5.93. The summed E-state index contributed by atoms with van der Waals surface area (Å²) >= 11 is 0. The Hall–Kier alpha value is -1.44. The zero-order chi connectivity index (χ0) is 20.0. The lowest BCUT2D eigenvalue weighted by atomic mass is 9.90. The molecule has 1 rings (SSSR count). The lowest BCUT2D eigenvalue weighted by Gasteiger charge is -2.13. The number of carbonyl (C=O) groups excluding carboxylic acids is 1. The van der Waals surface area contributed by atoms with Gasteiger partial charge in [-0.05, 0) is 43.4 Å². The van der Waals surface area contributed by atoms with E-state index in [1.165, 1.54) is 12.5 Å². The van der Waals surface area contributed by atoms with E-state index in [2.05, 4.69) is 13.8 Å². The molecule has 0 heterocycles. The maximum Gasteiger partial charge on any atom is 0.160 e. The number of aryl methyl sites for hydroxylation is 2. The van der Waals surface area contributed by atoms with E-state index in [1.54, 1.807) is 12.1 Å². The molecule has 0 bridgehead atoms. The first-order chi connectivity index (χ1) is 11.6. The van der Waals surface area contributed by atoms with Gasteiger partial charge in [0.2, 0.25) is 0 Å². The zero-order valence-corrected chi connectivity index (χ0v) is 17.9. The normalized spacial score (nSPS) is 11.9. The van der Waals surface area contributed by atoms with Gasteiger partial charge in [-0.25, -0.2) is 4.39 Å². The van der Waals surface area contributed by atoms with Gasteiger partial charge in [-0.2, -0.15) is 0 Å². The molecule has 0 saturated heterocycles. The summed E-state index contributed by atoms with van der Waals surface area (Å²) in [4.78, 5) is 11.5. The molecule has 1 unspecified atom stereocenters.